The molecule has 3 aromatic carbocycles. The third-order valence-corrected chi connectivity index (χ3v) is 8.35. The second-order valence-corrected chi connectivity index (χ2v) is 11.2. The fraction of sp³-hybridized carbons (Fsp3) is 0.286. The summed E-state index contributed by atoms with van der Waals surface area (Å²) >= 11 is 6.36. The Morgan fingerprint density at radius 2 is 1.55 bits per heavy atom. The van der Waals surface area contributed by atoms with Crippen molar-refractivity contribution in [3.63, 3.8) is 0 Å². The second kappa shape index (κ2) is 12.9. The van der Waals surface area contributed by atoms with Crippen LogP contribution in [0.25, 0.3) is 0 Å². The van der Waals surface area contributed by atoms with Crippen molar-refractivity contribution in [2.75, 3.05) is 10.8 Å². The Balaban J connectivity index is 2.01. The Kier molecular flexibility index (Phi) is 9.88. The van der Waals surface area contributed by atoms with Crippen LogP contribution in [0.4, 0.5) is 10.1 Å². The lowest BCUT2D eigenvalue weighted by atomic mass is 10.1. The van der Waals surface area contributed by atoms with Gasteiger partial charge in [0.05, 0.1) is 10.6 Å². The van der Waals surface area contributed by atoms with Crippen molar-refractivity contribution in [2.24, 2.45) is 0 Å². The van der Waals surface area contributed by atoms with Crippen LogP contribution >= 0.6 is 11.6 Å². The summed E-state index contributed by atoms with van der Waals surface area (Å²) < 4.78 is 41.7. The highest BCUT2D eigenvalue weighted by Gasteiger charge is 2.33. The number of rotatable bonds is 11. The van der Waals surface area contributed by atoms with Gasteiger partial charge in [0.25, 0.3) is 10.0 Å². The summed E-state index contributed by atoms with van der Waals surface area (Å²) in [7, 11) is -4.26. The van der Waals surface area contributed by atoms with Crippen molar-refractivity contribution < 1.29 is 22.4 Å². The molecule has 0 aliphatic rings. The number of para-hydroxylation sites is 1. The van der Waals surface area contributed by atoms with Gasteiger partial charge < -0.3 is 10.2 Å². The number of anilines is 1. The number of carbonyl (C=O) groups excluding carboxylic acids is 2. The van der Waals surface area contributed by atoms with Crippen LogP contribution in [0.15, 0.2) is 83.8 Å². The van der Waals surface area contributed by atoms with Crippen LogP contribution in [-0.4, -0.2) is 43.8 Å². The Labute approximate surface area is 228 Å². The van der Waals surface area contributed by atoms with E-state index in [1.165, 1.54) is 4.90 Å². The molecule has 0 heterocycles. The minimum Gasteiger partial charge on any atom is -0.352 e. The summed E-state index contributed by atoms with van der Waals surface area (Å²) in [4.78, 5) is 28.0. The van der Waals surface area contributed by atoms with Gasteiger partial charge in [-0.25, -0.2) is 12.8 Å². The molecule has 3 rings (SSSR count). The maximum Gasteiger partial charge on any atom is 0.264 e. The number of hydrogen-bond donors (Lipinski definition) is 1. The van der Waals surface area contributed by atoms with Gasteiger partial charge in [0.15, 0.2) is 0 Å². The van der Waals surface area contributed by atoms with E-state index in [-0.39, 0.29) is 29.1 Å². The molecule has 10 heteroatoms. The van der Waals surface area contributed by atoms with E-state index in [1.54, 1.807) is 61.5 Å². The van der Waals surface area contributed by atoms with E-state index >= 15 is 0 Å². The van der Waals surface area contributed by atoms with Crippen LogP contribution in [0.5, 0.6) is 0 Å². The highest BCUT2D eigenvalue weighted by Crippen LogP contribution is 2.25. The Bertz CT molecular complexity index is 1350. The first kappa shape index (κ1) is 29.1. The monoisotopic (exact) mass is 559 g/mol. The third-order valence-electron chi connectivity index (χ3n) is 6.19. The zero-order chi connectivity index (χ0) is 27.9. The smallest absolute Gasteiger partial charge is 0.264 e. The van der Waals surface area contributed by atoms with Crippen molar-refractivity contribution in [3.05, 3.63) is 95.3 Å². The molecule has 2 atom stereocenters. The molecule has 1 N–H and O–H groups in total. The quantitative estimate of drug-likeness (QED) is 0.358. The van der Waals surface area contributed by atoms with Crippen LogP contribution in [0.3, 0.4) is 0 Å². The molecule has 7 nitrogen and oxygen atoms in total. The fourth-order valence-corrected chi connectivity index (χ4v) is 5.32. The molecule has 0 unspecified atom stereocenters. The first-order valence-corrected chi connectivity index (χ1v) is 14.0. The number of nitrogens with zero attached hydrogens (tertiary/aromatic N) is 2. The summed E-state index contributed by atoms with van der Waals surface area (Å²) in [6.45, 7) is 4.79. The van der Waals surface area contributed by atoms with E-state index in [9.17, 15) is 22.4 Å². The van der Waals surface area contributed by atoms with E-state index < -0.39 is 34.3 Å². The van der Waals surface area contributed by atoms with Crippen LogP contribution in [-0.2, 0) is 26.2 Å². The van der Waals surface area contributed by atoms with E-state index in [0.717, 1.165) is 28.6 Å². The van der Waals surface area contributed by atoms with Crippen molar-refractivity contribution >= 4 is 39.1 Å². The minimum atomic E-state index is -4.26. The molecule has 0 saturated heterocycles. The summed E-state index contributed by atoms with van der Waals surface area (Å²) in [6, 6.07) is 18.4. The number of benzene rings is 3. The van der Waals surface area contributed by atoms with Crippen LogP contribution in [0, 0.1) is 5.82 Å². The molecule has 0 aliphatic heterocycles. The predicted molar refractivity (Wildman–Crippen MR) is 147 cm³/mol. The number of amides is 2. The van der Waals surface area contributed by atoms with Gasteiger partial charge in [-0.1, -0.05) is 54.9 Å². The zero-order valence-corrected chi connectivity index (χ0v) is 23.0. The van der Waals surface area contributed by atoms with E-state index in [2.05, 4.69) is 5.32 Å². The molecule has 0 spiro atoms. The molecule has 2 amide bonds. The maximum absolute atomic E-state index is 13.8. The lowest BCUT2D eigenvalue weighted by Gasteiger charge is -2.32. The molecule has 0 aromatic heterocycles. The molecule has 0 fully saturated rings. The van der Waals surface area contributed by atoms with Crippen molar-refractivity contribution in [2.45, 2.75) is 50.7 Å². The van der Waals surface area contributed by atoms with E-state index in [0.29, 0.717) is 17.0 Å². The highest BCUT2D eigenvalue weighted by atomic mass is 35.5. The number of nitrogens with one attached hydrogen (secondary N) is 1. The van der Waals surface area contributed by atoms with Gasteiger partial charge in [-0.3, -0.25) is 13.9 Å². The van der Waals surface area contributed by atoms with E-state index in [4.69, 9.17) is 11.6 Å². The van der Waals surface area contributed by atoms with Crippen molar-refractivity contribution in [3.8, 4) is 0 Å². The number of sulfonamides is 1. The SMILES string of the molecule is CC[C@@H](C)NC(=O)[C@@H](C)N(Cc1ccccc1Cl)C(=O)CN(c1ccccc1)S(=O)(=O)c1ccc(F)cc1. The molecule has 0 saturated carbocycles. The van der Waals surface area contributed by atoms with Gasteiger partial charge in [-0.05, 0) is 68.3 Å². The zero-order valence-electron chi connectivity index (χ0n) is 21.5. The molecular formula is C28H31ClFN3O4S. The Hall–Kier alpha value is -3.43. The number of hydrogen-bond acceptors (Lipinski definition) is 4. The maximum atomic E-state index is 13.8. The Morgan fingerprint density at radius 1 is 0.947 bits per heavy atom. The molecule has 202 valence electrons. The summed E-state index contributed by atoms with van der Waals surface area (Å²) in [5, 5.41) is 3.29. The van der Waals surface area contributed by atoms with Crippen molar-refractivity contribution in [1.29, 1.82) is 0 Å². The molecule has 38 heavy (non-hydrogen) atoms. The van der Waals surface area contributed by atoms with E-state index in [1.807, 2.05) is 13.8 Å². The van der Waals surface area contributed by atoms with Gasteiger partial charge in [0.1, 0.15) is 18.4 Å². The molecule has 0 radical (unpaired) electrons. The lowest BCUT2D eigenvalue weighted by molar-refractivity contribution is -0.139. The number of halogens is 2. The van der Waals surface area contributed by atoms with Gasteiger partial charge in [-0.15, -0.1) is 0 Å². The summed E-state index contributed by atoms with van der Waals surface area (Å²) in [5.74, 6) is -1.56. The first-order chi connectivity index (χ1) is 18.0. The van der Waals surface area contributed by atoms with Gasteiger partial charge >= 0.3 is 0 Å². The highest BCUT2D eigenvalue weighted by molar-refractivity contribution is 7.92. The first-order valence-electron chi connectivity index (χ1n) is 12.2. The topological polar surface area (TPSA) is 86.8 Å². The van der Waals surface area contributed by atoms with Gasteiger partial charge in [0, 0.05) is 17.6 Å². The average Bonchev–Trinajstić information content (AvgIpc) is 2.91. The predicted octanol–water partition coefficient (Wildman–Crippen LogP) is 5.01. The average molecular weight is 560 g/mol. The normalized spacial score (nSPS) is 12.9. The lowest BCUT2D eigenvalue weighted by Crippen LogP contribution is -2.52. The van der Waals surface area contributed by atoms with Crippen LogP contribution in [0.2, 0.25) is 5.02 Å². The standard InChI is InChI=1S/C28H31ClFN3O4S/c1-4-20(2)31-28(35)21(3)32(18-22-10-8-9-13-26(22)29)27(34)19-33(24-11-6-5-7-12-24)38(36,37)25-16-14-23(30)15-17-25/h5-17,20-21H,4,18-19H2,1-3H3,(H,31,35)/t20-,21-/m1/s1. The van der Waals surface area contributed by atoms with Gasteiger partial charge in [-0.2, -0.15) is 0 Å². The fourth-order valence-electron chi connectivity index (χ4n) is 3.72. The molecule has 3 aromatic rings. The molecule has 0 bridgehead atoms. The Morgan fingerprint density at radius 3 is 2.16 bits per heavy atom. The summed E-state index contributed by atoms with van der Waals surface area (Å²) in [5.41, 5.74) is 0.859. The molecule has 0 aliphatic carbocycles. The van der Waals surface area contributed by atoms with Crippen molar-refractivity contribution in [1.82, 2.24) is 10.2 Å². The largest absolute Gasteiger partial charge is 0.352 e. The van der Waals surface area contributed by atoms with Gasteiger partial charge in [0.2, 0.25) is 11.8 Å². The second-order valence-electron chi connectivity index (χ2n) is 8.91. The minimum absolute atomic E-state index is 0.00712. The summed E-state index contributed by atoms with van der Waals surface area (Å²) in [6.07, 6.45) is 0.703. The van der Waals surface area contributed by atoms with Crippen LogP contribution in [0.1, 0.15) is 32.8 Å². The number of carbonyl (C=O) groups is 2. The third kappa shape index (κ3) is 7.11. The molecular weight excluding hydrogens is 529 g/mol. The van der Waals surface area contributed by atoms with Crippen LogP contribution < -0.4 is 9.62 Å².